The van der Waals surface area contributed by atoms with Gasteiger partial charge in [-0.25, -0.2) is 0 Å². The second kappa shape index (κ2) is 10.7. The van der Waals surface area contributed by atoms with Crippen molar-refractivity contribution in [2.24, 2.45) is 11.8 Å². The van der Waals surface area contributed by atoms with Crippen molar-refractivity contribution in [1.29, 1.82) is 0 Å². The molecule has 1 aromatic heterocycles. The zero-order valence-electron chi connectivity index (χ0n) is 20.7. The Bertz CT molecular complexity index is 1160. The second-order valence-corrected chi connectivity index (χ2v) is 10.7. The third kappa shape index (κ3) is 5.77. The maximum absolute atomic E-state index is 12.8. The number of carbonyl (C=O) groups excluding carboxylic acids is 2. The van der Waals surface area contributed by atoms with Crippen LogP contribution in [-0.2, 0) is 4.79 Å². The van der Waals surface area contributed by atoms with Gasteiger partial charge < -0.3 is 15.6 Å². The lowest BCUT2D eigenvalue weighted by atomic mass is 9.82. The van der Waals surface area contributed by atoms with Crippen LogP contribution in [0.3, 0.4) is 0 Å². The van der Waals surface area contributed by atoms with E-state index in [0.717, 1.165) is 72.3 Å². The number of carbonyl (C=O) groups is 2. The molecule has 3 aromatic rings. The molecule has 0 bridgehead atoms. The highest BCUT2D eigenvalue weighted by molar-refractivity contribution is 5.99. The van der Waals surface area contributed by atoms with Crippen LogP contribution in [0.4, 0.5) is 5.69 Å². The fourth-order valence-corrected chi connectivity index (χ4v) is 5.62. The first kappa shape index (κ1) is 23.7. The summed E-state index contributed by atoms with van der Waals surface area (Å²) in [5.74, 6) is 1.04. The molecule has 0 radical (unpaired) electrons. The molecule has 2 fully saturated rings. The Labute approximate surface area is 208 Å². The smallest absolute Gasteiger partial charge is 0.251 e. The minimum atomic E-state index is 0.0223. The molecule has 2 aliphatic carbocycles. The minimum absolute atomic E-state index is 0.0223. The lowest BCUT2D eigenvalue weighted by Crippen LogP contribution is -2.34. The van der Waals surface area contributed by atoms with E-state index >= 15 is 0 Å². The summed E-state index contributed by atoms with van der Waals surface area (Å²) in [6, 6.07) is 16.2. The van der Waals surface area contributed by atoms with Gasteiger partial charge in [0.25, 0.3) is 5.91 Å². The summed E-state index contributed by atoms with van der Waals surface area (Å²) >= 11 is 0. The van der Waals surface area contributed by atoms with Crippen LogP contribution in [0.15, 0.2) is 48.5 Å². The molecule has 184 valence electrons. The number of H-pyrrole nitrogens is 1. The molecule has 0 spiro atoms. The van der Waals surface area contributed by atoms with Crippen LogP contribution in [0.1, 0.15) is 81.5 Å². The van der Waals surface area contributed by atoms with Gasteiger partial charge in [0.2, 0.25) is 5.91 Å². The Morgan fingerprint density at radius 1 is 0.829 bits per heavy atom. The lowest BCUT2D eigenvalue weighted by molar-refractivity contribution is -0.121. The molecule has 35 heavy (non-hydrogen) atoms. The standard InChI is InChI=1S/C30H37N3O2/c1-20-8-10-22(11-9-20)29(34)32-26-15-12-21(13-16-26)28-19-24-18-23(14-17-27(24)33-28)30(35)31-25-6-4-2-3-5-7-25/h12-20,22,25,33H,2-11H2,1H3,(H,31,35)(H,32,34). The molecule has 5 heteroatoms. The van der Waals surface area contributed by atoms with Crippen molar-refractivity contribution in [2.45, 2.75) is 77.2 Å². The third-order valence-corrected chi connectivity index (χ3v) is 7.92. The van der Waals surface area contributed by atoms with Crippen molar-refractivity contribution in [1.82, 2.24) is 10.3 Å². The molecule has 1 heterocycles. The molecule has 2 saturated carbocycles. The molecule has 0 unspecified atom stereocenters. The fourth-order valence-electron chi connectivity index (χ4n) is 5.62. The molecule has 0 aliphatic heterocycles. The first-order valence-electron chi connectivity index (χ1n) is 13.4. The van der Waals surface area contributed by atoms with Gasteiger partial charge in [0, 0.05) is 39.8 Å². The molecule has 2 aromatic carbocycles. The van der Waals surface area contributed by atoms with Crippen LogP contribution in [-0.4, -0.2) is 22.8 Å². The molecule has 0 saturated heterocycles. The van der Waals surface area contributed by atoms with Gasteiger partial charge in [0.1, 0.15) is 0 Å². The van der Waals surface area contributed by atoms with E-state index in [4.69, 9.17) is 0 Å². The molecule has 5 rings (SSSR count). The molecule has 2 aliphatic rings. The maximum Gasteiger partial charge on any atom is 0.251 e. The number of rotatable bonds is 5. The van der Waals surface area contributed by atoms with Crippen LogP contribution in [0.2, 0.25) is 0 Å². The molecular formula is C30H37N3O2. The number of amides is 2. The van der Waals surface area contributed by atoms with Crippen LogP contribution < -0.4 is 10.6 Å². The summed E-state index contributed by atoms with van der Waals surface area (Å²) in [6.45, 7) is 2.27. The first-order chi connectivity index (χ1) is 17.0. The van der Waals surface area contributed by atoms with Crippen LogP contribution >= 0.6 is 0 Å². The van der Waals surface area contributed by atoms with E-state index in [1.165, 1.54) is 25.7 Å². The molecule has 5 nitrogen and oxygen atoms in total. The number of hydrogen-bond donors (Lipinski definition) is 3. The monoisotopic (exact) mass is 471 g/mol. The Balaban J connectivity index is 1.24. The Morgan fingerprint density at radius 3 is 2.26 bits per heavy atom. The maximum atomic E-state index is 12.8. The van der Waals surface area contributed by atoms with Gasteiger partial charge in [-0.2, -0.15) is 0 Å². The lowest BCUT2D eigenvalue weighted by Gasteiger charge is -2.25. The van der Waals surface area contributed by atoms with Gasteiger partial charge in [0.05, 0.1) is 0 Å². The largest absolute Gasteiger partial charge is 0.355 e. The summed E-state index contributed by atoms with van der Waals surface area (Å²) in [6.07, 6.45) is 11.4. The predicted molar refractivity (Wildman–Crippen MR) is 142 cm³/mol. The van der Waals surface area contributed by atoms with Crippen molar-refractivity contribution in [3.63, 3.8) is 0 Å². The Morgan fingerprint density at radius 2 is 1.54 bits per heavy atom. The van der Waals surface area contributed by atoms with Gasteiger partial charge in [-0.1, -0.05) is 44.7 Å². The number of benzene rings is 2. The van der Waals surface area contributed by atoms with Gasteiger partial charge >= 0.3 is 0 Å². The van der Waals surface area contributed by atoms with E-state index in [2.05, 4.69) is 28.6 Å². The molecular weight excluding hydrogens is 434 g/mol. The first-order valence-corrected chi connectivity index (χ1v) is 13.4. The van der Waals surface area contributed by atoms with E-state index in [0.29, 0.717) is 11.6 Å². The van der Waals surface area contributed by atoms with Crippen LogP contribution in [0.5, 0.6) is 0 Å². The van der Waals surface area contributed by atoms with E-state index in [1.54, 1.807) is 0 Å². The highest BCUT2D eigenvalue weighted by Gasteiger charge is 2.24. The van der Waals surface area contributed by atoms with Crippen molar-refractivity contribution in [3.8, 4) is 11.3 Å². The number of nitrogens with one attached hydrogen (secondary N) is 3. The number of hydrogen-bond acceptors (Lipinski definition) is 2. The number of fused-ring (bicyclic) bond motifs is 1. The second-order valence-electron chi connectivity index (χ2n) is 10.7. The summed E-state index contributed by atoms with van der Waals surface area (Å²) in [5, 5.41) is 7.36. The number of anilines is 1. The average Bonchev–Trinajstić information content (AvgIpc) is 3.13. The molecule has 0 atom stereocenters. The summed E-state index contributed by atoms with van der Waals surface area (Å²) in [4.78, 5) is 28.9. The summed E-state index contributed by atoms with van der Waals surface area (Å²) in [5.41, 5.74) is 4.61. The zero-order chi connectivity index (χ0) is 24.2. The Kier molecular flexibility index (Phi) is 7.21. The van der Waals surface area contributed by atoms with Crippen molar-refractivity contribution in [3.05, 3.63) is 54.1 Å². The molecule has 2 amide bonds. The number of aromatic amines is 1. The third-order valence-electron chi connectivity index (χ3n) is 7.92. The van der Waals surface area contributed by atoms with E-state index < -0.39 is 0 Å². The van der Waals surface area contributed by atoms with E-state index in [-0.39, 0.29) is 17.7 Å². The molecule has 3 N–H and O–H groups in total. The van der Waals surface area contributed by atoms with Crippen LogP contribution in [0.25, 0.3) is 22.2 Å². The Hall–Kier alpha value is -3.08. The predicted octanol–water partition coefficient (Wildman–Crippen LogP) is 7.05. The van der Waals surface area contributed by atoms with E-state index in [1.807, 2.05) is 42.5 Å². The minimum Gasteiger partial charge on any atom is -0.355 e. The highest BCUT2D eigenvalue weighted by atomic mass is 16.2. The van der Waals surface area contributed by atoms with Gasteiger partial charge in [0.15, 0.2) is 0 Å². The van der Waals surface area contributed by atoms with Gasteiger partial charge in [-0.15, -0.1) is 0 Å². The van der Waals surface area contributed by atoms with Gasteiger partial charge in [-0.05, 0) is 86.4 Å². The van der Waals surface area contributed by atoms with Crippen molar-refractivity contribution < 1.29 is 9.59 Å². The van der Waals surface area contributed by atoms with E-state index in [9.17, 15) is 9.59 Å². The quantitative estimate of drug-likeness (QED) is 0.349. The normalized spacial score (nSPS) is 21.4. The van der Waals surface area contributed by atoms with Gasteiger partial charge in [-0.3, -0.25) is 9.59 Å². The fraction of sp³-hybridized carbons (Fsp3) is 0.467. The topological polar surface area (TPSA) is 74.0 Å². The summed E-state index contributed by atoms with van der Waals surface area (Å²) < 4.78 is 0. The van der Waals surface area contributed by atoms with Crippen LogP contribution in [0, 0.1) is 11.8 Å². The average molecular weight is 472 g/mol. The zero-order valence-corrected chi connectivity index (χ0v) is 20.7. The number of aromatic nitrogens is 1. The van der Waals surface area contributed by atoms with Crippen molar-refractivity contribution >= 4 is 28.4 Å². The van der Waals surface area contributed by atoms with Crippen molar-refractivity contribution in [2.75, 3.05) is 5.32 Å². The SMILES string of the molecule is CC1CCC(C(=O)Nc2ccc(-c3cc4cc(C(=O)NC5CCCCCC5)ccc4[nH]3)cc2)CC1. The highest BCUT2D eigenvalue weighted by Crippen LogP contribution is 2.30. The summed E-state index contributed by atoms with van der Waals surface area (Å²) in [7, 11) is 0.